The van der Waals surface area contributed by atoms with Gasteiger partial charge in [0.15, 0.2) is 0 Å². The van der Waals surface area contributed by atoms with Crippen LogP contribution >= 0.6 is 0 Å². The molecule has 0 unspecified atom stereocenters. The Bertz CT molecular complexity index is 472. The lowest BCUT2D eigenvalue weighted by Crippen LogP contribution is -2.07. The molecule has 0 radical (unpaired) electrons. The second-order valence-electron chi connectivity index (χ2n) is 3.79. The van der Waals surface area contributed by atoms with Crippen LogP contribution in [0.4, 0.5) is 5.95 Å². The molecule has 0 spiro atoms. The number of hydrogen-bond donors (Lipinski definition) is 1. The molecule has 0 amide bonds. The van der Waals surface area contributed by atoms with E-state index in [1.54, 1.807) is 0 Å². The van der Waals surface area contributed by atoms with Gasteiger partial charge in [0.2, 0.25) is 5.95 Å². The first kappa shape index (κ1) is 10.7. The normalized spacial score (nSPS) is 10.7. The van der Waals surface area contributed by atoms with Gasteiger partial charge < -0.3 is 14.4 Å². The van der Waals surface area contributed by atoms with Crippen molar-refractivity contribution in [3.63, 3.8) is 0 Å². The van der Waals surface area contributed by atoms with Crippen LogP contribution in [0.2, 0.25) is 0 Å². The summed E-state index contributed by atoms with van der Waals surface area (Å²) in [5.41, 5.74) is 1.91. The molecule has 2 heterocycles. The molecule has 0 aliphatic carbocycles. The van der Waals surface area contributed by atoms with Gasteiger partial charge in [-0.2, -0.15) is 0 Å². The third-order valence-electron chi connectivity index (χ3n) is 2.24. The smallest absolute Gasteiger partial charge is 0.203 e. The van der Waals surface area contributed by atoms with Crippen LogP contribution in [0.3, 0.4) is 0 Å². The molecular weight excluding hydrogens is 204 g/mol. The predicted octanol–water partition coefficient (Wildman–Crippen LogP) is 1.97. The van der Waals surface area contributed by atoms with Crippen LogP contribution in [-0.2, 0) is 6.54 Å². The van der Waals surface area contributed by atoms with Gasteiger partial charge >= 0.3 is 0 Å². The Morgan fingerprint density at radius 2 is 2.25 bits per heavy atom. The number of nitrogens with one attached hydrogen (secondary N) is 1. The molecule has 0 saturated carbocycles. The van der Waals surface area contributed by atoms with Gasteiger partial charge in [0.1, 0.15) is 11.5 Å². The van der Waals surface area contributed by atoms with Crippen molar-refractivity contribution in [2.45, 2.75) is 27.3 Å². The minimum atomic E-state index is 0.681. The summed E-state index contributed by atoms with van der Waals surface area (Å²) in [6.07, 6.45) is 2.00. The highest BCUT2D eigenvalue weighted by atomic mass is 16.5. The Labute approximate surface area is 94.5 Å². The summed E-state index contributed by atoms with van der Waals surface area (Å²) in [7, 11) is 0. The van der Waals surface area contributed by atoms with E-state index in [1.165, 1.54) is 0 Å². The van der Waals surface area contributed by atoms with Gasteiger partial charge in [-0.25, -0.2) is 4.98 Å². The summed E-state index contributed by atoms with van der Waals surface area (Å²) >= 11 is 0. The second-order valence-corrected chi connectivity index (χ2v) is 3.79. The Balaban J connectivity index is 2.19. The second kappa shape index (κ2) is 4.38. The number of aromatic nitrogens is 3. The van der Waals surface area contributed by atoms with E-state index < -0.39 is 0 Å². The molecule has 0 aromatic carbocycles. The molecule has 0 aliphatic heterocycles. The van der Waals surface area contributed by atoms with Crippen LogP contribution in [-0.4, -0.2) is 21.3 Å². The van der Waals surface area contributed by atoms with Gasteiger partial charge in [0, 0.05) is 18.8 Å². The van der Waals surface area contributed by atoms with Crippen molar-refractivity contribution in [1.29, 1.82) is 0 Å². The Kier molecular flexibility index (Phi) is 2.94. The van der Waals surface area contributed by atoms with Crippen molar-refractivity contribution in [3.05, 3.63) is 29.4 Å². The van der Waals surface area contributed by atoms with Gasteiger partial charge in [-0.3, -0.25) is 0 Å². The minimum absolute atomic E-state index is 0.681. The largest absolute Gasteiger partial charge is 0.361 e. The van der Waals surface area contributed by atoms with Crippen LogP contribution in [0.1, 0.15) is 24.1 Å². The third kappa shape index (κ3) is 2.24. The quantitative estimate of drug-likeness (QED) is 0.855. The van der Waals surface area contributed by atoms with Crippen molar-refractivity contribution >= 4 is 5.95 Å². The van der Waals surface area contributed by atoms with Gasteiger partial charge in [-0.1, -0.05) is 5.16 Å². The average molecular weight is 220 g/mol. The lowest BCUT2D eigenvalue weighted by molar-refractivity contribution is 0.389. The van der Waals surface area contributed by atoms with Gasteiger partial charge in [-0.05, 0) is 20.8 Å². The zero-order valence-electron chi connectivity index (χ0n) is 9.82. The SMILES string of the molecule is CCNc1nc(C)cn1Cc1cc(C)on1. The highest BCUT2D eigenvalue weighted by molar-refractivity contribution is 5.29. The summed E-state index contributed by atoms with van der Waals surface area (Å²) < 4.78 is 7.08. The van der Waals surface area contributed by atoms with Crippen LogP contribution in [0.15, 0.2) is 16.8 Å². The highest BCUT2D eigenvalue weighted by Crippen LogP contribution is 2.11. The Morgan fingerprint density at radius 3 is 2.88 bits per heavy atom. The number of imidazole rings is 1. The Morgan fingerprint density at radius 1 is 1.44 bits per heavy atom. The van der Waals surface area contributed by atoms with Crippen LogP contribution in [0.25, 0.3) is 0 Å². The van der Waals surface area contributed by atoms with Crippen molar-refractivity contribution in [1.82, 2.24) is 14.7 Å². The summed E-state index contributed by atoms with van der Waals surface area (Å²) in [4.78, 5) is 4.40. The van der Waals surface area contributed by atoms with E-state index in [0.717, 1.165) is 29.6 Å². The first-order chi connectivity index (χ1) is 7.69. The monoisotopic (exact) mass is 220 g/mol. The van der Waals surface area contributed by atoms with E-state index in [9.17, 15) is 0 Å². The molecule has 1 N–H and O–H groups in total. The van der Waals surface area contributed by atoms with E-state index in [2.05, 4.69) is 22.4 Å². The van der Waals surface area contributed by atoms with Crippen LogP contribution in [0.5, 0.6) is 0 Å². The molecule has 5 heteroatoms. The molecule has 0 aliphatic rings. The molecule has 0 atom stereocenters. The average Bonchev–Trinajstić information content (AvgIpc) is 2.76. The minimum Gasteiger partial charge on any atom is -0.361 e. The maximum Gasteiger partial charge on any atom is 0.203 e. The number of hydrogen-bond acceptors (Lipinski definition) is 4. The van der Waals surface area contributed by atoms with Crippen molar-refractivity contribution in [3.8, 4) is 0 Å². The number of rotatable bonds is 4. The molecule has 16 heavy (non-hydrogen) atoms. The first-order valence-electron chi connectivity index (χ1n) is 5.39. The van der Waals surface area contributed by atoms with E-state index in [4.69, 9.17) is 4.52 Å². The zero-order valence-corrected chi connectivity index (χ0v) is 9.82. The maximum atomic E-state index is 5.04. The topological polar surface area (TPSA) is 55.9 Å². The molecule has 5 nitrogen and oxygen atoms in total. The van der Waals surface area contributed by atoms with Crippen molar-refractivity contribution in [2.24, 2.45) is 0 Å². The molecular formula is C11H16N4O. The molecule has 2 rings (SSSR count). The van der Waals surface area contributed by atoms with Crippen LogP contribution < -0.4 is 5.32 Å². The molecule has 0 saturated heterocycles. The van der Waals surface area contributed by atoms with Crippen LogP contribution in [0, 0.1) is 13.8 Å². The molecule has 86 valence electrons. The summed E-state index contributed by atoms with van der Waals surface area (Å²) in [6.45, 7) is 7.45. The fourth-order valence-electron chi connectivity index (χ4n) is 1.63. The predicted molar refractivity (Wildman–Crippen MR) is 61.5 cm³/mol. The molecule has 0 bridgehead atoms. The lowest BCUT2D eigenvalue weighted by atomic mass is 10.4. The Hall–Kier alpha value is -1.78. The van der Waals surface area contributed by atoms with Crippen molar-refractivity contribution < 1.29 is 4.52 Å². The zero-order chi connectivity index (χ0) is 11.5. The summed E-state index contributed by atoms with van der Waals surface area (Å²) in [6, 6.07) is 1.94. The number of anilines is 1. The standard InChI is InChI=1S/C11H16N4O/c1-4-12-11-13-8(2)6-15(11)7-10-5-9(3)16-14-10/h5-6H,4,7H2,1-3H3,(H,12,13). The molecule has 0 fully saturated rings. The summed E-state index contributed by atoms with van der Waals surface area (Å²) in [5.74, 6) is 1.71. The summed E-state index contributed by atoms with van der Waals surface area (Å²) in [5, 5.41) is 7.19. The van der Waals surface area contributed by atoms with E-state index in [-0.39, 0.29) is 0 Å². The maximum absolute atomic E-state index is 5.04. The van der Waals surface area contributed by atoms with Gasteiger partial charge in [0.25, 0.3) is 0 Å². The highest BCUT2D eigenvalue weighted by Gasteiger charge is 2.07. The fraction of sp³-hybridized carbons (Fsp3) is 0.455. The molecule has 2 aromatic heterocycles. The first-order valence-corrected chi connectivity index (χ1v) is 5.39. The van der Waals surface area contributed by atoms with Gasteiger partial charge in [-0.15, -0.1) is 0 Å². The fourth-order valence-corrected chi connectivity index (χ4v) is 1.63. The van der Waals surface area contributed by atoms with E-state index in [0.29, 0.717) is 6.54 Å². The molecule has 2 aromatic rings. The lowest BCUT2D eigenvalue weighted by Gasteiger charge is -2.05. The van der Waals surface area contributed by atoms with Crippen molar-refractivity contribution in [2.75, 3.05) is 11.9 Å². The third-order valence-corrected chi connectivity index (χ3v) is 2.24. The van der Waals surface area contributed by atoms with E-state index in [1.807, 2.05) is 30.7 Å². The number of nitrogens with zero attached hydrogens (tertiary/aromatic N) is 3. The van der Waals surface area contributed by atoms with Gasteiger partial charge in [0.05, 0.1) is 12.2 Å². The van der Waals surface area contributed by atoms with E-state index >= 15 is 0 Å². The number of aryl methyl sites for hydroxylation is 2.